The molecule has 0 aliphatic carbocycles. The van der Waals surface area contributed by atoms with E-state index in [9.17, 15) is 4.79 Å². The molecular weight excluding hydrogens is 230 g/mol. The maximum absolute atomic E-state index is 11.6. The minimum atomic E-state index is 0.0467. The van der Waals surface area contributed by atoms with E-state index in [1.165, 1.54) is 0 Å². The van der Waals surface area contributed by atoms with Gasteiger partial charge < -0.3 is 14.8 Å². The molecule has 0 aromatic carbocycles. The monoisotopic (exact) mass is 253 g/mol. The van der Waals surface area contributed by atoms with Crippen molar-refractivity contribution in [2.45, 2.75) is 39.0 Å². The highest BCUT2D eigenvalue weighted by atomic mass is 16.3. The fourth-order valence-electron chi connectivity index (χ4n) is 1.98. The average Bonchev–Trinajstić information content (AvgIpc) is 2.87. The Kier molecular flexibility index (Phi) is 7.18. The maximum Gasteiger partial charge on any atom is 0.220 e. The van der Waals surface area contributed by atoms with E-state index in [1.54, 1.807) is 6.26 Å². The van der Waals surface area contributed by atoms with E-state index in [0.29, 0.717) is 25.3 Å². The van der Waals surface area contributed by atoms with Crippen LogP contribution in [0, 0.1) is 5.92 Å². The highest BCUT2D eigenvalue weighted by Gasteiger charge is 2.09. The summed E-state index contributed by atoms with van der Waals surface area (Å²) in [6.45, 7) is 2.96. The molecule has 0 aliphatic heterocycles. The summed E-state index contributed by atoms with van der Waals surface area (Å²) < 4.78 is 5.17. The van der Waals surface area contributed by atoms with Gasteiger partial charge in [0.1, 0.15) is 5.76 Å². The van der Waals surface area contributed by atoms with Gasteiger partial charge in [0, 0.05) is 26.0 Å². The van der Waals surface area contributed by atoms with Crippen molar-refractivity contribution >= 4 is 5.91 Å². The third-order valence-electron chi connectivity index (χ3n) is 3.00. The van der Waals surface area contributed by atoms with Crippen LogP contribution in [0.25, 0.3) is 0 Å². The minimum Gasteiger partial charge on any atom is -0.469 e. The van der Waals surface area contributed by atoms with Crippen LogP contribution in [0.1, 0.15) is 38.4 Å². The average molecular weight is 253 g/mol. The van der Waals surface area contributed by atoms with Crippen LogP contribution in [-0.2, 0) is 11.2 Å². The van der Waals surface area contributed by atoms with Crippen LogP contribution in [0.4, 0.5) is 0 Å². The van der Waals surface area contributed by atoms with Crippen molar-refractivity contribution in [1.29, 1.82) is 0 Å². The molecule has 18 heavy (non-hydrogen) atoms. The number of rotatable bonds is 9. The van der Waals surface area contributed by atoms with Crippen LogP contribution < -0.4 is 5.32 Å². The van der Waals surface area contributed by atoms with Gasteiger partial charge in [0.25, 0.3) is 0 Å². The second-order valence-corrected chi connectivity index (χ2v) is 4.55. The number of aryl methyl sites for hydroxylation is 1. The van der Waals surface area contributed by atoms with Crippen LogP contribution in [0.5, 0.6) is 0 Å². The quantitative estimate of drug-likeness (QED) is 0.708. The van der Waals surface area contributed by atoms with Crippen LogP contribution in [-0.4, -0.2) is 24.2 Å². The van der Waals surface area contributed by atoms with Crippen LogP contribution in [0.2, 0.25) is 0 Å². The Balaban J connectivity index is 2.18. The van der Waals surface area contributed by atoms with Gasteiger partial charge in [-0.1, -0.05) is 13.3 Å². The standard InChI is InChI=1S/C14H23NO3/c1-2-4-12(8-9-16)11-15-14(17)7-6-13-5-3-10-18-13/h3,5,10,12,16H,2,4,6-9,11H2,1H3,(H,15,17). The van der Waals surface area contributed by atoms with Crippen LogP contribution >= 0.6 is 0 Å². The summed E-state index contributed by atoms with van der Waals surface area (Å²) in [6.07, 6.45) is 5.58. The first-order valence-corrected chi connectivity index (χ1v) is 6.66. The van der Waals surface area contributed by atoms with Crippen LogP contribution in [0.3, 0.4) is 0 Å². The van der Waals surface area contributed by atoms with Crippen LogP contribution in [0.15, 0.2) is 22.8 Å². The van der Waals surface area contributed by atoms with E-state index < -0.39 is 0 Å². The molecule has 1 unspecified atom stereocenters. The van der Waals surface area contributed by atoms with Gasteiger partial charge in [0.05, 0.1) is 6.26 Å². The highest BCUT2D eigenvalue weighted by molar-refractivity contribution is 5.76. The largest absolute Gasteiger partial charge is 0.469 e. The van der Waals surface area contributed by atoms with Crippen molar-refractivity contribution in [1.82, 2.24) is 5.32 Å². The Bertz CT molecular complexity index is 316. The summed E-state index contributed by atoms with van der Waals surface area (Å²) in [5, 5.41) is 11.9. The Labute approximate surface area is 108 Å². The van der Waals surface area contributed by atoms with E-state index in [1.807, 2.05) is 12.1 Å². The number of nitrogens with one attached hydrogen (secondary N) is 1. The normalized spacial score (nSPS) is 12.3. The number of aliphatic hydroxyl groups is 1. The zero-order chi connectivity index (χ0) is 13.2. The van der Waals surface area contributed by atoms with Gasteiger partial charge in [-0.15, -0.1) is 0 Å². The lowest BCUT2D eigenvalue weighted by molar-refractivity contribution is -0.121. The SMILES string of the molecule is CCCC(CCO)CNC(=O)CCc1ccco1. The summed E-state index contributed by atoms with van der Waals surface area (Å²) in [4.78, 5) is 11.6. The summed E-state index contributed by atoms with van der Waals surface area (Å²) in [5.74, 6) is 1.27. The number of hydrogen-bond donors (Lipinski definition) is 2. The number of hydrogen-bond acceptors (Lipinski definition) is 3. The van der Waals surface area contributed by atoms with Gasteiger partial charge in [0.2, 0.25) is 5.91 Å². The maximum atomic E-state index is 11.6. The summed E-state index contributed by atoms with van der Waals surface area (Å²) in [5.41, 5.74) is 0. The molecule has 1 atom stereocenters. The summed E-state index contributed by atoms with van der Waals surface area (Å²) >= 11 is 0. The molecule has 0 aliphatic rings. The van der Waals surface area contributed by atoms with Crippen molar-refractivity contribution < 1.29 is 14.3 Å². The molecule has 4 nitrogen and oxygen atoms in total. The lowest BCUT2D eigenvalue weighted by atomic mass is 10.0. The molecule has 0 saturated heterocycles. The topological polar surface area (TPSA) is 62.5 Å². The van der Waals surface area contributed by atoms with E-state index in [2.05, 4.69) is 12.2 Å². The Morgan fingerprint density at radius 1 is 1.50 bits per heavy atom. The zero-order valence-electron chi connectivity index (χ0n) is 11.0. The van der Waals surface area contributed by atoms with Gasteiger partial charge in [-0.05, 0) is 30.9 Å². The highest BCUT2D eigenvalue weighted by Crippen LogP contribution is 2.09. The molecule has 0 spiro atoms. The predicted molar refractivity (Wildman–Crippen MR) is 70.1 cm³/mol. The second-order valence-electron chi connectivity index (χ2n) is 4.55. The Morgan fingerprint density at radius 3 is 2.94 bits per heavy atom. The van der Waals surface area contributed by atoms with Crippen molar-refractivity contribution in [2.24, 2.45) is 5.92 Å². The Hall–Kier alpha value is -1.29. The van der Waals surface area contributed by atoms with Crippen molar-refractivity contribution in [3.8, 4) is 0 Å². The molecule has 1 heterocycles. The number of amides is 1. The van der Waals surface area contributed by atoms with Gasteiger partial charge in [-0.3, -0.25) is 4.79 Å². The number of carbonyl (C=O) groups is 1. The van der Waals surface area contributed by atoms with E-state index in [4.69, 9.17) is 9.52 Å². The lowest BCUT2D eigenvalue weighted by Crippen LogP contribution is -2.29. The van der Waals surface area contributed by atoms with Gasteiger partial charge in [0.15, 0.2) is 0 Å². The second kappa shape index (κ2) is 8.75. The first-order chi connectivity index (χ1) is 8.76. The van der Waals surface area contributed by atoms with Gasteiger partial charge in [-0.25, -0.2) is 0 Å². The third kappa shape index (κ3) is 5.87. The molecular formula is C14H23NO3. The van der Waals surface area contributed by atoms with E-state index in [-0.39, 0.29) is 12.5 Å². The van der Waals surface area contributed by atoms with Crippen molar-refractivity contribution in [3.63, 3.8) is 0 Å². The molecule has 1 aromatic heterocycles. The molecule has 102 valence electrons. The first kappa shape index (κ1) is 14.8. The summed E-state index contributed by atoms with van der Waals surface area (Å²) in [7, 11) is 0. The number of aliphatic hydroxyl groups excluding tert-OH is 1. The number of carbonyl (C=O) groups excluding carboxylic acids is 1. The van der Waals surface area contributed by atoms with E-state index >= 15 is 0 Å². The first-order valence-electron chi connectivity index (χ1n) is 6.66. The van der Waals surface area contributed by atoms with Crippen molar-refractivity contribution in [2.75, 3.05) is 13.2 Å². The predicted octanol–water partition coefficient (Wildman–Crippen LogP) is 2.13. The third-order valence-corrected chi connectivity index (χ3v) is 3.00. The fourth-order valence-corrected chi connectivity index (χ4v) is 1.98. The Morgan fingerprint density at radius 2 is 2.33 bits per heavy atom. The van der Waals surface area contributed by atoms with E-state index in [0.717, 1.165) is 25.0 Å². The molecule has 0 saturated carbocycles. The minimum absolute atomic E-state index is 0.0467. The van der Waals surface area contributed by atoms with Gasteiger partial charge in [-0.2, -0.15) is 0 Å². The molecule has 1 rings (SSSR count). The molecule has 1 aromatic rings. The zero-order valence-corrected chi connectivity index (χ0v) is 11.0. The molecule has 2 N–H and O–H groups in total. The molecule has 4 heteroatoms. The molecule has 0 bridgehead atoms. The van der Waals surface area contributed by atoms with Gasteiger partial charge >= 0.3 is 0 Å². The van der Waals surface area contributed by atoms with Crippen molar-refractivity contribution in [3.05, 3.63) is 24.2 Å². The molecule has 0 radical (unpaired) electrons. The molecule has 1 amide bonds. The lowest BCUT2D eigenvalue weighted by Gasteiger charge is -2.15. The smallest absolute Gasteiger partial charge is 0.220 e. The molecule has 0 fully saturated rings. The summed E-state index contributed by atoms with van der Waals surface area (Å²) in [6, 6.07) is 3.70. The number of furan rings is 1. The fraction of sp³-hybridized carbons (Fsp3) is 0.643.